The van der Waals surface area contributed by atoms with Crippen molar-refractivity contribution in [1.82, 2.24) is 14.8 Å². The first-order valence-electron chi connectivity index (χ1n) is 10.6. The van der Waals surface area contributed by atoms with Gasteiger partial charge in [-0.3, -0.25) is 9.36 Å². The molecule has 1 fully saturated rings. The van der Waals surface area contributed by atoms with Crippen LogP contribution in [0.15, 0.2) is 52.2 Å². The van der Waals surface area contributed by atoms with Gasteiger partial charge in [0.05, 0.1) is 12.0 Å². The lowest BCUT2D eigenvalue weighted by Gasteiger charge is -2.25. The average Bonchev–Trinajstić information content (AvgIpc) is 3.43. The van der Waals surface area contributed by atoms with E-state index >= 15 is 0 Å². The molecule has 1 aromatic carbocycles. The Morgan fingerprint density at radius 1 is 1.17 bits per heavy atom. The molecule has 0 bridgehead atoms. The Labute approximate surface area is 181 Å². The summed E-state index contributed by atoms with van der Waals surface area (Å²) in [6, 6.07) is 12.1. The number of hydrogen-bond donors (Lipinski definition) is 1. The van der Waals surface area contributed by atoms with Crippen molar-refractivity contribution in [1.29, 1.82) is 0 Å². The summed E-state index contributed by atoms with van der Waals surface area (Å²) in [6.07, 6.45) is 7.55. The summed E-state index contributed by atoms with van der Waals surface area (Å²) in [5.74, 6) is 2.18. The number of carbonyl (C=O) groups is 1. The molecule has 0 atom stereocenters. The second-order valence-corrected chi connectivity index (χ2v) is 9.00. The second-order valence-electron chi connectivity index (χ2n) is 8.06. The van der Waals surface area contributed by atoms with Crippen LogP contribution in [-0.4, -0.2) is 26.4 Å². The van der Waals surface area contributed by atoms with E-state index in [1.54, 1.807) is 6.26 Å². The van der Waals surface area contributed by atoms with Crippen LogP contribution in [0.1, 0.15) is 63.5 Å². The van der Waals surface area contributed by atoms with Crippen molar-refractivity contribution in [3.8, 4) is 11.6 Å². The number of furan rings is 1. The van der Waals surface area contributed by atoms with E-state index in [1.807, 2.05) is 24.3 Å². The summed E-state index contributed by atoms with van der Waals surface area (Å²) >= 11 is 1.43. The van der Waals surface area contributed by atoms with Crippen molar-refractivity contribution >= 4 is 23.4 Å². The van der Waals surface area contributed by atoms with Crippen LogP contribution >= 0.6 is 11.8 Å². The molecule has 0 saturated heterocycles. The minimum atomic E-state index is -0.0463. The standard InChI is InChI=1S/C23H28N4O2S/c1-16(2)17-10-12-18(13-11-17)24-21(28)15-30-23-26-25-22(20-9-6-14-29-20)27(23)19-7-4-3-5-8-19/h6,9-14,16,19H,3-5,7-8,15H2,1-2H3,(H,24,28). The van der Waals surface area contributed by atoms with Gasteiger partial charge in [0.15, 0.2) is 10.9 Å². The van der Waals surface area contributed by atoms with Crippen LogP contribution in [0.5, 0.6) is 0 Å². The lowest BCUT2D eigenvalue weighted by atomic mass is 9.95. The maximum absolute atomic E-state index is 12.5. The zero-order valence-corrected chi connectivity index (χ0v) is 18.3. The van der Waals surface area contributed by atoms with Gasteiger partial charge in [-0.1, -0.05) is 57.0 Å². The Hall–Kier alpha value is -2.54. The number of nitrogens with zero attached hydrogens (tertiary/aromatic N) is 3. The van der Waals surface area contributed by atoms with Crippen molar-refractivity contribution in [3.63, 3.8) is 0 Å². The summed E-state index contributed by atoms with van der Waals surface area (Å²) in [7, 11) is 0. The van der Waals surface area contributed by atoms with E-state index in [9.17, 15) is 4.79 Å². The van der Waals surface area contributed by atoms with Crippen molar-refractivity contribution in [2.75, 3.05) is 11.1 Å². The van der Waals surface area contributed by atoms with Gasteiger partial charge in [-0.25, -0.2) is 0 Å². The molecule has 7 heteroatoms. The lowest BCUT2D eigenvalue weighted by Crippen LogP contribution is -2.17. The van der Waals surface area contributed by atoms with E-state index in [2.05, 4.69) is 46.1 Å². The largest absolute Gasteiger partial charge is 0.461 e. The third kappa shape index (κ3) is 4.78. The monoisotopic (exact) mass is 424 g/mol. The fourth-order valence-corrected chi connectivity index (χ4v) is 4.70. The SMILES string of the molecule is CC(C)c1ccc(NC(=O)CSc2nnc(-c3ccco3)n2C2CCCCC2)cc1. The molecule has 1 aliphatic carbocycles. The number of amides is 1. The molecule has 0 unspecified atom stereocenters. The quantitative estimate of drug-likeness (QED) is 0.478. The van der Waals surface area contributed by atoms with Gasteiger partial charge < -0.3 is 9.73 Å². The molecule has 0 aliphatic heterocycles. The first-order valence-corrected chi connectivity index (χ1v) is 11.6. The summed E-state index contributed by atoms with van der Waals surface area (Å²) in [5.41, 5.74) is 2.07. The van der Waals surface area contributed by atoms with Crippen molar-refractivity contribution < 1.29 is 9.21 Å². The van der Waals surface area contributed by atoms with Crippen LogP contribution in [0.3, 0.4) is 0 Å². The number of carbonyl (C=O) groups excluding carboxylic acids is 1. The first-order chi connectivity index (χ1) is 14.6. The molecule has 30 heavy (non-hydrogen) atoms. The minimum absolute atomic E-state index is 0.0463. The average molecular weight is 425 g/mol. The van der Waals surface area contributed by atoms with Gasteiger partial charge in [0.1, 0.15) is 0 Å². The molecular weight excluding hydrogens is 396 g/mol. The highest BCUT2D eigenvalue weighted by Gasteiger charge is 2.25. The van der Waals surface area contributed by atoms with Gasteiger partial charge in [-0.2, -0.15) is 0 Å². The lowest BCUT2D eigenvalue weighted by molar-refractivity contribution is -0.113. The van der Waals surface area contributed by atoms with E-state index in [4.69, 9.17) is 4.42 Å². The third-order valence-electron chi connectivity index (χ3n) is 5.54. The number of nitrogens with one attached hydrogen (secondary N) is 1. The molecule has 3 aromatic rings. The highest BCUT2D eigenvalue weighted by molar-refractivity contribution is 7.99. The zero-order chi connectivity index (χ0) is 20.9. The number of benzene rings is 1. The Bertz CT molecular complexity index is 958. The maximum atomic E-state index is 12.5. The smallest absolute Gasteiger partial charge is 0.234 e. The summed E-state index contributed by atoms with van der Waals surface area (Å²) < 4.78 is 7.76. The second kappa shape index (κ2) is 9.51. The maximum Gasteiger partial charge on any atom is 0.234 e. The molecule has 2 heterocycles. The normalized spacial score (nSPS) is 14.9. The molecule has 1 saturated carbocycles. The zero-order valence-electron chi connectivity index (χ0n) is 17.5. The van der Waals surface area contributed by atoms with Gasteiger partial charge in [0.25, 0.3) is 0 Å². The van der Waals surface area contributed by atoms with Gasteiger partial charge in [0.2, 0.25) is 11.7 Å². The van der Waals surface area contributed by atoms with E-state index in [1.165, 1.54) is 36.6 Å². The molecule has 158 valence electrons. The van der Waals surface area contributed by atoms with Crippen LogP contribution < -0.4 is 5.32 Å². The van der Waals surface area contributed by atoms with Crippen molar-refractivity contribution in [3.05, 3.63) is 48.2 Å². The first kappa shape index (κ1) is 20.7. The summed E-state index contributed by atoms with van der Waals surface area (Å²) in [5, 5.41) is 12.5. The molecule has 2 aromatic heterocycles. The Balaban J connectivity index is 1.45. The van der Waals surface area contributed by atoms with Crippen LogP contribution in [0.4, 0.5) is 5.69 Å². The molecule has 0 radical (unpaired) electrons. The van der Waals surface area contributed by atoms with E-state index < -0.39 is 0 Å². The molecule has 4 rings (SSSR count). The number of rotatable bonds is 7. The minimum Gasteiger partial charge on any atom is -0.461 e. The molecule has 1 amide bonds. The van der Waals surface area contributed by atoms with Crippen molar-refractivity contribution in [2.45, 2.75) is 63.1 Å². The summed E-state index contributed by atoms with van der Waals surface area (Å²) in [6.45, 7) is 4.31. The molecule has 1 N–H and O–H groups in total. The molecule has 6 nitrogen and oxygen atoms in total. The number of hydrogen-bond acceptors (Lipinski definition) is 5. The van der Waals surface area contributed by atoms with Crippen LogP contribution in [-0.2, 0) is 4.79 Å². The van der Waals surface area contributed by atoms with Crippen LogP contribution in [0.2, 0.25) is 0 Å². The third-order valence-corrected chi connectivity index (χ3v) is 6.48. The van der Waals surface area contributed by atoms with E-state index in [-0.39, 0.29) is 11.7 Å². The van der Waals surface area contributed by atoms with E-state index in [0.29, 0.717) is 12.0 Å². The summed E-state index contributed by atoms with van der Waals surface area (Å²) in [4.78, 5) is 12.5. The number of anilines is 1. The van der Waals surface area contributed by atoms with Crippen LogP contribution in [0.25, 0.3) is 11.6 Å². The fourth-order valence-electron chi connectivity index (χ4n) is 3.90. The highest BCUT2D eigenvalue weighted by atomic mass is 32.2. The predicted octanol–water partition coefficient (Wildman–Crippen LogP) is 5.90. The van der Waals surface area contributed by atoms with Gasteiger partial charge in [-0.05, 0) is 48.6 Å². The van der Waals surface area contributed by atoms with E-state index in [0.717, 1.165) is 35.3 Å². The van der Waals surface area contributed by atoms with Gasteiger partial charge in [-0.15, -0.1) is 10.2 Å². The Kier molecular flexibility index (Phi) is 6.57. The predicted molar refractivity (Wildman–Crippen MR) is 120 cm³/mol. The number of aromatic nitrogens is 3. The molecule has 1 aliphatic rings. The highest BCUT2D eigenvalue weighted by Crippen LogP contribution is 2.35. The van der Waals surface area contributed by atoms with Gasteiger partial charge >= 0.3 is 0 Å². The molecular formula is C23H28N4O2S. The van der Waals surface area contributed by atoms with Crippen molar-refractivity contribution in [2.24, 2.45) is 0 Å². The Morgan fingerprint density at radius 2 is 1.93 bits per heavy atom. The fraction of sp³-hybridized carbons (Fsp3) is 0.435. The molecule has 0 spiro atoms. The van der Waals surface area contributed by atoms with Gasteiger partial charge in [0, 0.05) is 11.7 Å². The Morgan fingerprint density at radius 3 is 2.60 bits per heavy atom. The van der Waals surface area contributed by atoms with Crippen LogP contribution in [0, 0.1) is 0 Å². The topological polar surface area (TPSA) is 73.0 Å². The number of thioether (sulfide) groups is 1.